The highest BCUT2D eigenvalue weighted by molar-refractivity contribution is 5.88. The number of nitrogens with zero attached hydrogens (tertiary/aromatic N) is 2. The monoisotopic (exact) mass is 252 g/mol. The van der Waals surface area contributed by atoms with Gasteiger partial charge in [0.05, 0.1) is 18.3 Å². The lowest BCUT2D eigenvalue weighted by atomic mass is 10.1. The van der Waals surface area contributed by atoms with Crippen LogP contribution in [0.2, 0.25) is 0 Å². The smallest absolute Gasteiger partial charge is 0.433 e. The van der Waals surface area contributed by atoms with E-state index in [2.05, 4.69) is 5.10 Å². The van der Waals surface area contributed by atoms with Gasteiger partial charge in [0, 0.05) is 0 Å². The molecule has 1 heterocycles. The molecule has 1 rings (SSSR count). The van der Waals surface area contributed by atoms with Crippen molar-refractivity contribution < 1.29 is 28.2 Å². The van der Waals surface area contributed by atoms with Gasteiger partial charge in [-0.25, -0.2) is 4.79 Å². The van der Waals surface area contributed by atoms with Crippen LogP contribution < -0.4 is 0 Å². The molecule has 0 saturated carbocycles. The molecular weight excluding hydrogens is 241 g/mol. The van der Waals surface area contributed by atoms with Gasteiger partial charge in [-0.3, -0.25) is 4.68 Å². The number of carboxylic acid groups (broad SMARTS) is 1. The largest absolute Gasteiger partial charge is 0.478 e. The lowest BCUT2D eigenvalue weighted by molar-refractivity contribution is -0.147. The van der Waals surface area contributed by atoms with Crippen LogP contribution in [0.4, 0.5) is 13.2 Å². The Morgan fingerprint density at radius 2 is 2.00 bits per heavy atom. The highest BCUT2D eigenvalue weighted by Gasteiger charge is 2.43. The van der Waals surface area contributed by atoms with Gasteiger partial charge < -0.3 is 10.2 Å². The number of aliphatic hydroxyl groups excluding tert-OH is 1. The Hall–Kier alpha value is -1.57. The summed E-state index contributed by atoms with van der Waals surface area (Å²) in [6, 6.07) is 0. The molecule has 8 heteroatoms. The van der Waals surface area contributed by atoms with E-state index in [4.69, 9.17) is 10.2 Å². The maximum Gasteiger partial charge on any atom is 0.433 e. The number of hydrogen-bond acceptors (Lipinski definition) is 3. The van der Waals surface area contributed by atoms with Crippen molar-refractivity contribution >= 4 is 5.97 Å². The second kappa shape index (κ2) is 4.02. The second-order valence-corrected chi connectivity index (χ2v) is 4.09. The zero-order valence-electron chi connectivity index (χ0n) is 9.12. The molecule has 1 aromatic heterocycles. The summed E-state index contributed by atoms with van der Waals surface area (Å²) in [5.74, 6) is -1.71. The molecule has 0 saturated heterocycles. The van der Waals surface area contributed by atoms with Crippen LogP contribution in [-0.2, 0) is 11.7 Å². The Morgan fingerprint density at radius 3 is 2.35 bits per heavy atom. The van der Waals surface area contributed by atoms with Gasteiger partial charge in [-0.1, -0.05) is 0 Å². The van der Waals surface area contributed by atoms with E-state index in [-0.39, 0.29) is 0 Å². The fourth-order valence-corrected chi connectivity index (χ4v) is 1.30. The molecule has 0 spiro atoms. The molecule has 0 amide bonds. The van der Waals surface area contributed by atoms with Crippen molar-refractivity contribution in [3.8, 4) is 0 Å². The molecule has 0 aliphatic carbocycles. The lowest BCUT2D eigenvalue weighted by Gasteiger charge is -2.25. The summed E-state index contributed by atoms with van der Waals surface area (Å²) in [6.07, 6.45) is -4.22. The Morgan fingerprint density at radius 1 is 1.47 bits per heavy atom. The summed E-state index contributed by atoms with van der Waals surface area (Å²) in [5.41, 5.74) is -3.64. The zero-order chi connectivity index (χ0) is 13.4. The van der Waals surface area contributed by atoms with Crippen LogP contribution in [-0.4, -0.2) is 32.6 Å². The van der Waals surface area contributed by atoms with Gasteiger partial charge in [-0.15, -0.1) is 0 Å². The van der Waals surface area contributed by atoms with Crippen LogP contribution >= 0.6 is 0 Å². The average Bonchev–Trinajstić information content (AvgIpc) is 2.61. The van der Waals surface area contributed by atoms with E-state index in [1.165, 1.54) is 13.8 Å². The maximum absolute atomic E-state index is 12.8. The van der Waals surface area contributed by atoms with Crippen LogP contribution in [0.25, 0.3) is 0 Å². The molecule has 0 aromatic carbocycles. The Bertz CT molecular complexity index is 437. The minimum atomic E-state index is -4.85. The molecule has 0 unspecified atom stereocenters. The highest BCUT2D eigenvalue weighted by Crippen LogP contribution is 2.34. The Balaban J connectivity index is 3.49. The third kappa shape index (κ3) is 2.41. The summed E-state index contributed by atoms with van der Waals surface area (Å²) >= 11 is 0. The number of carboxylic acids is 1. The normalized spacial score (nSPS) is 12.8. The van der Waals surface area contributed by atoms with Crippen molar-refractivity contribution in [3.63, 3.8) is 0 Å². The molecule has 0 bridgehead atoms. The average molecular weight is 252 g/mol. The topological polar surface area (TPSA) is 75.3 Å². The van der Waals surface area contributed by atoms with E-state index >= 15 is 0 Å². The van der Waals surface area contributed by atoms with Gasteiger partial charge in [0.1, 0.15) is 5.56 Å². The first-order valence-corrected chi connectivity index (χ1v) is 4.61. The summed E-state index contributed by atoms with van der Waals surface area (Å²) < 4.78 is 38.8. The first-order chi connectivity index (χ1) is 7.61. The SMILES string of the molecule is CC(C)(CO)n1ncc(C(=O)O)c1C(F)(F)F. The minimum absolute atomic E-state index is 0.483. The van der Waals surface area contributed by atoms with Gasteiger partial charge in [-0.05, 0) is 13.8 Å². The molecule has 17 heavy (non-hydrogen) atoms. The molecular formula is C9H11F3N2O3. The molecule has 1 aromatic rings. The standard InChI is InChI=1S/C9H11F3N2O3/c1-8(2,4-15)14-6(9(10,11)12)5(3-13-14)7(16)17/h3,15H,4H2,1-2H3,(H,16,17). The van der Waals surface area contributed by atoms with Crippen molar-refractivity contribution in [3.05, 3.63) is 17.5 Å². The van der Waals surface area contributed by atoms with E-state index in [1.54, 1.807) is 0 Å². The molecule has 0 fully saturated rings. The molecule has 0 aliphatic rings. The molecule has 2 N–H and O–H groups in total. The van der Waals surface area contributed by atoms with Gasteiger partial charge in [0.2, 0.25) is 0 Å². The van der Waals surface area contributed by atoms with Gasteiger partial charge in [0.25, 0.3) is 0 Å². The van der Waals surface area contributed by atoms with E-state index in [1.807, 2.05) is 0 Å². The summed E-state index contributed by atoms with van der Waals surface area (Å²) in [7, 11) is 0. The quantitative estimate of drug-likeness (QED) is 0.850. The number of aliphatic hydroxyl groups is 1. The summed E-state index contributed by atoms with van der Waals surface area (Å²) in [6.45, 7) is 2.04. The molecule has 5 nitrogen and oxygen atoms in total. The number of aromatic nitrogens is 2. The third-order valence-electron chi connectivity index (χ3n) is 2.23. The van der Waals surface area contributed by atoms with Gasteiger partial charge in [0.15, 0.2) is 5.69 Å². The molecule has 96 valence electrons. The predicted molar refractivity (Wildman–Crippen MR) is 50.6 cm³/mol. The Kier molecular flexibility index (Phi) is 3.19. The second-order valence-electron chi connectivity index (χ2n) is 4.09. The first kappa shape index (κ1) is 13.5. The highest BCUT2D eigenvalue weighted by atomic mass is 19.4. The number of rotatable bonds is 3. The van der Waals surface area contributed by atoms with E-state index < -0.39 is 35.5 Å². The fraction of sp³-hybridized carbons (Fsp3) is 0.556. The molecule has 0 aliphatic heterocycles. The van der Waals surface area contributed by atoms with Gasteiger partial charge >= 0.3 is 12.1 Å². The number of alkyl halides is 3. The van der Waals surface area contributed by atoms with Crippen molar-refractivity contribution in [1.82, 2.24) is 9.78 Å². The van der Waals surface area contributed by atoms with Gasteiger partial charge in [-0.2, -0.15) is 18.3 Å². The van der Waals surface area contributed by atoms with E-state index in [9.17, 15) is 18.0 Å². The van der Waals surface area contributed by atoms with Crippen LogP contribution in [0.15, 0.2) is 6.20 Å². The molecule has 0 radical (unpaired) electrons. The zero-order valence-corrected chi connectivity index (χ0v) is 9.12. The third-order valence-corrected chi connectivity index (χ3v) is 2.23. The van der Waals surface area contributed by atoms with Crippen LogP contribution in [0.5, 0.6) is 0 Å². The van der Waals surface area contributed by atoms with Crippen molar-refractivity contribution in [2.45, 2.75) is 25.6 Å². The number of carbonyl (C=O) groups is 1. The molecule has 0 atom stereocenters. The predicted octanol–water partition coefficient (Wildman–Crippen LogP) is 1.33. The number of halogens is 3. The lowest BCUT2D eigenvalue weighted by Crippen LogP contribution is -2.35. The summed E-state index contributed by atoms with van der Waals surface area (Å²) in [5, 5.41) is 21.1. The van der Waals surface area contributed by atoms with Crippen LogP contribution in [0.1, 0.15) is 29.9 Å². The van der Waals surface area contributed by atoms with Crippen molar-refractivity contribution in [1.29, 1.82) is 0 Å². The maximum atomic E-state index is 12.8. The van der Waals surface area contributed by atoms with E-state index in [0.29, 0.717) is 10.9 Å². The summed E-state index contributed by atoms with van der Waals surface area (Å²) in [4.78, 5) is 10.7. The fourth-order valence-electron chi connectivity index (χ4n) is 1.30. The Labute approximate surface area is 94.5 Å². The minimum Gasteiger partial charge on any atom is -0.478 e. The first-order valence-electron chi connectivity index (χ1n) is 4.61. The van der Waals surface area contributed by atoms with Crippen LogP contribution in [0.3, 0.4) is 0 Å². The number of aromatic carboxylic acids is 1. The van der Waals surface area contributed by atoms with Crippen molar-refractivity contribution in [2.24, 2.45) is 0 Å². The van der Waals surface area contributed by atoms with E-state index in [0.717, 1.165) is 0 Å². The van der Waals surface area contributed by atoms with Crippen LogP contribution in [0, 0.1) is 0 Å². The number of hydrogen-bond donors (Lipinski definition) is 2. The van der Waals surface area contributed by atoms with Crippen molar-refractivity contribution in [2.75, 3.05) is 6.61 Å².